The number of benzene rings is 3. The van der Waals surface area contributed by atoms with E-state index in [-0.39, 0.29) is 5.91 Å². The Labute approximate surface area is 214 Å². The van der Waals surface area contributed by atoms with Crippen LogP contribution in [-0.4, -0.2) is 40.1 Å². The lowest BCUT2D eigenvalue weighted by Crippen LogP contribution is -2.33. The van der Waals surface area contributed by atoms with Crippen molar-refractivity contribution in [2.45, 2.75) is 13.0 Å². The van der Waals surface area contributed by atoms with E-state index in [1.54, 1.807) is 37.2 Å². The predicted molar refractivity (Wildman–Crippen MR) is 143 cm³/mol. The van der Waals surface area contributed by atoms with Crippen LogP contribution >= 0.6 is 0 Å². The third-order valence-corrected chi connectivity index (χ3v) is 5.77. The van der Waals surface area contributed by atoms with Crippen LogP contribution in [0.15, 0.2) is 102 Å². The van der Waals surface area contributed by atoms with Gasteiger partial charge in [-0.25, -0.2) is 10.1 Å². The van der Waals surface area contributed by atoms with Gasteiger partial charge in [0, 0.05) is 28.9 Å². The molecule has 3 aromatic carbocycles. The first kappa shape index (κ1) is 23.7. The average molecular weight is 492 g/mol. The summed E-state index contributed by atoms with van der Waals surface area (Å²) in [5.74, 6) is 0.908. The number of methoxy groups -OCH3 is 1. The van der Waals surface area contributed by atoms with Gasteiger partial charge in [0.15, 0.2) is 6.10 Å². The number of amides is 1. The first-order chi connectivity index (χ1) is 18.1. The normalized spacial score (nSPS) is 11.9. The molecule has 0 unspecified atom stereocenters. The number of carbonyl (C=O) groups is 1. The molecule has 8 nitrogen and oxygen atoms in total. The van der Waals surface area contributed by atoms with Crippen molar-refractivity contribution in [1.82, 2.24) is 20.2 Å². The molecule has 0 bridgehead atoms. The standard InChI is InChI=1S/C29H25N5O3/c1-20(37-26-12-6-8-21-9-7-17-30-28(21)26)29(35)32-31-18-23-19-34(24-10-4-3-5-11-24)33-27(23)22-13-15-25(36-2)16-14-22/h3-20H,1-2H3,(H,32,35)/b31-18-/t20-/m0/s1. The Morgan fingerprint density at radius 3 is 2.57 bits per heavy atom. The van der Waals surface area contributed by atoms with Gasteiger partial charge in [0.2, 0.25) is 0 Å². The fraction of sp³-hybridized carbons (Fsp3) is 0.103. The quantitative estimate of drug-likeness (QED) is 0.243. The third-order valence-electron chi connectivity index (χ3n) is 5.77. The second-order valence-electron chi connectivity index (χ2n) is 8.27. The zero-order chi connectivity index (χ0) is 25.6. The molecule has 0 spiro atoms. The number of nitrogens with zero attached hydrogens (tertiary/aromatic N) is 4. The van der Waals surface area contributed by atoms with E-state index in [0.29, 0.717) is 11.3 Å². The van der Waals surface area contributed by atoms with Crippen molar-refractivity contribution < 1.29 is 14.3 Å². The highest BCUT2D eigenvalue weighted by Crippen LogP contribution is 2.26. The Bertz CT molecular complexity index is 1540. The number of carbonyl (C=O) groups excluding carboxylic acids is 1. The van der Waals surface area contributed by atoms with Crippen molar-refractivity contribution in [3.05, 3.63) is 103 Å². The maximum absolute atomic E-state index is 12.7. The zero-order valence-electron chi connectivity index (χ0n) is 20.4. The van der Waals surface area contributed by atoms with Crippen molar-refractivity contribution >= 4 is 23.0 Å². The first-order valence-corrected chi connectivity index (χ1v) is 11.8. The molecule has 8 heteroatoms. The fourth-order valence-electron chi connectivity index (χ4n) is 3.84. The molecule has 2 aromatic heterocycles. The van der Waals surface area contributed by atoms with E-state index < -0.39 is 6.10 Å². The van der Waals surface area contributed by atoms with Gasteiger partial charge in [0.25, 0.3) is 5.91 Å². The van der Waals surface area contributed by atoms with Crippen LogP contribution in [0.4, 0.5) is 0 Å². The number of pyridine rings is 1. The summed E-state index contributed by atoms with van der Waals surface area (Å²) in [7, 11) is 1.63. The fourth-order valence-corrected chi connectivity index (χ4v) is 3.84. The summed E-state index contributed by atoms with van der Waals surface area (Å²) in [6.07, 6.45) is 4.36. The highest BCUT2D eigenvalue weighted by Gasteiger charge is 2.16. The summed E-state index contributed by atoms with van der Waals surface area (Å²) in [4.78, 5) is 17.1. The highest BCUT2D eigenvalue weighted by atomic mass is 16.5. The predicted octanol–water partition coefficient (Wildman–Crippen LogP) is 5.01. The van der Waals surface area contributed by atoms with E-state index in [4.69, 9.17) is 14.6 Å². The van der Waals surface area contributed by atoms with Gasteiger partial charge in [-0.05, 0) is 55.5 Å². The second-order valence-corrected chi connectivity index (χ2v) is 8.27. The summed E-state index contributed by atoms with van der Waals surface area (Å²) in [5, 5.41) is 9.90. The van der Waals surface area contributed by atoms with Crippen LogP contribution in [0.1, 0.15) is 12.5 Å². The Hall–Kier alpha value is -4.98. The van der Waals surface area contributed by atoms with Gasteiger partial charge in [0.05, 0.1) is 19.0 Å². The average Bonchev–Trinajstić information content (AvgIpc) is 3.38. The van der Waals surface area contributed by atoms with Gasteiger partial charge in [-0.15, -0.1) is 0 Å². The number of nitrogens with one attached hydrogen (secondary N) is 1. The molecule has 1 amide bonds. The zero-order valence-corrected chi connectivity index (χ0v) is 20.4. The lowest BCUT2D eigenvalue weighted by molar-refractivity contribution is -0.127. The first-order valence-electron chi connectivity index (χ1n) is 11.8. The van der Waals surface area contributed by atoms with Crippen LogP contribution < -0.4 is 14.9 Å². The maximum atomic E-state index is 12.7. The van der Waals surface area contributed by atoms with Crippen molar-refractivity contribution in [2.75, 3.05) is 7.11 Å². The summed E-state index contributed by atoms with van der Waals surface area (Å²) in [5.41, 5.74) is 6.53. The van der Waals surface area contributed by atoms with E-state index in [0.717, 1.165) is 33.6 Å². The van der Waals surface area contributed by atoms with Gasteiger partial charge in [-0.1, -0.05) is 36.4 Å². The molecule has 5 rings (SSSR count). The van der Waals surface area contributed by atoms with Gasteiger partial charge in [-0.2, -0.15) is 10.2 Å². The minimum atomic E-state index is -0.780. The maximum Gasteiger partial charge on any atom is 0.280 e. The van der Waals surface area contributed by atoms with Crippen LogP contribution in [0.25, 0.3) is 27.8 Å². The Kier molecular flexibility index (Phi) is 6.89. The number of hydrazone groups is 1. The van der Waals surface area contributed by atoms with Gasteiger partial charge in [0.1, 0.15) is 22.7 Å². The smallest absolute Gasteiger partial charge is 0.280 e. The van der Waals surface area contributed by atoms with Crippen LogP contribution in [0.2, 0.25) is 0 Å². The minimum absolute atomic E-state index is 0.384. The molecule has 0 radical (unpaired) electrons. The largest absolute Gasteiger partial charge is 0.497 e. The monoisotopic (exact) mass is 491 g/mol. The van der Waals surface area contributed by atoms with Crippen LogP contribution in [-0.2, 0) is 4.79 Å². The number of para-hydroxylation sites is 2. The molecule has 0 aliphatic heterocycles. The molecule has 0 aliphatic rings. The van der Waals surface area contributed by atoms with Crippen molar-refractivity contribution in [3.63, 3.8) is 0 Å². The molecule has 37 heavy (non-hydrogen) atoms. The van der Waals surface area contributed by atoms with Crippen molar-refractivity contribution in [3.8, 4) is 28.4 Å². The van der Waals surface area contributed by atoms with Crippen LogP contribution in [0.5, 0.6) is 11.5 Å². The number of fused-ring (bicyclic) bond motifs is 1. The molecule has 1 atom stereocenters. The Morgan fingerprint density at radius 1 is 1.00 bits per heavy atom. The summed E-state index contributed by atoms with van der Waals surface area (Å²) >= 11 is 0. The number of aromatic nitrogens is 3. The molecular formula is C29H25N5O3. The minimum Gasteiger partial charge on any atom is -0.497 e. The number of hydrogen-bond acceptors (Lipinski definition) is 6. The summed E-state index contributed by atoms with van der Waals surface area (Å²) < 4.78 is 12.9. The van der Waals surface area contributed by atoms with E-state index in [1.807, 2.05) is 85.1 Å². The lowest BCUT2D eigenvalue weighted by atomic mass is 10.1. The van der Waals surface area contributed by atoms with Crippen molar-refractivity contribution in [2.24, 2.45) is 5.10 Å². The van der Waals surface area contributed by atoms with E-state index in [9.17, 15) is 4.79 Å². The number of rotatable bonds is 8. The van der Waals surface area contributed by atoms with Crippen LogP contribution in [0, 0.1) is 0 Å². The molecule has 2 heterocycles. The third kappa shape index (κ3) is 5.33. The molecule has 0 fully saturated rings. The lowest BCUT2D eigenvalue weighted by Gasteiger charge is -2.14. The molecule has 5 aromatic rings. The topological polar surface area (TPSA) is 90.6 Å². The second kappa shape index (κ2) is 10.7. The molecule has 0 saturated heterocycles. The molecule has 0 saturated carbocycles. The SMILES string of the molecule is COc1ccc(-c2nn(-c3ccccc3)cc2/C=N\NC(=O)[C@H](C)Oc2cccc3cccnc23)cc1. The van der Waals surface area contributed by atoms with E-state index in [1.165, 1.54) is 0 Å². The number of hydrogen-bond donors (Lipinski definition) is 1. The Morgan fingerprint density at radius 2 is 1.78 bits per heavy atom. The number of ether oxygens (including phenoxy) is 2. The molecule has 184 valence electrons. The summed E-state index contributed by atoms with van der Waals surface area (Å²) in [6, 6.07) is 26.8. The van der Waals surface area contributed by atoms with E-state index in [2.05, 4.69) is 15.5 Å². The molecular weight excluding hydrogens is 466 g/mol. The molecule has 1 N–H and O–H groups in total. The van der Waals surface area contributed by atoms with Gasteiger partial charge in [-0.3, -0.25) is 9.78 Å². The van der Waals surface area contributed by atoms with Crippen molar-refractivity contribution in [1.29, 1.82) is 0 Å². The Balaban J connectivity index is 1.35. The highest BCUT2D eigenvalue weighted by molar-refractivity contribution is 5.90. The molecule has 0 aliphatic carbocycles. The van der Waals surface area contributed by atoms with Crippen LogP contribution in [0.3, 0.4) is 0 Å². The van der Waals surface area contributed by atoms with Gasteiger partial charge < -0.3 is 9.47 Å². The van der Waals surface area contributed by atoms with Gasteiger partial charge >= 0.3 is 0 Å². The summed E-state index contributed by atoms with van der Waals surface area (Å²) in [6.45, 7) is 1.67. The van der Waals surface area contributed by atoms with E-state index >= 15 is 0 Å².